The van der Waals surface area contributed by atoms with E-state index in [9.17, 15) is 4.79 Å². The number of amides is 1. The molecule has 1 aliphatic heterocycles. The Bertz CT molecular complexity index is 1050. The molecule has 0 fully saturated rings. The number of hydrogen-bond acceptors (Lipinski definition) is 5. The van der Waals surface area contributed by atoms with Gasteiger partial charge in [0.05, 0.1) is 5.69 Å². The number of para-hydroxylation sites is 2. The Morgan fingerprint density at radius 3 is 2.93 bits per heavy atom. The second-order valence-electron chi connectivity index (χ2n) is 6.82. The van der Waals surface area contributed by atoms with E-state index in [0.717, 1.165) is 35.9 Å². The van der Waals surface area contributed by atoms with Gasteiger partial charge in [-0.2, -0.15) is 0 Å². The third-order valence-corrected chi connectivity index (χ3v) is 4.77. The van der Waals surface area contributed by atoms with Crippen LogP contribution >= 0.6 is 0 Å². The lowest BCUT2D eigenvalue weighted by Gasteiger charge is -2.29. The van der Waals surface area contributed by atoms with Crippen molar-refractivity contribution in [2.24, 2.45) is 4.99 Å². The summed E-state index contributed by atoms with van der Waals surface area (Å²) in [5, 5.41) is 14.9. The fourth-order valence-electron chi connectivity index (χ4n) is 3.33. The van der Waals surface area contributed by atoms with Crippen LogP contribution < -0.4 is 20.3 Å². The summed E-state index contributed by atoms with van der Waals surface area (Å²) in [6.45, 7) is 4.56. The van der Waals surface area contributed by atoms with Crippen molar-refractivity contribution < 1.29 is 9.53 Å². The quantitative estimate of drug-likeness (QED) is 0.351. The number of benzene rings is 1. The first-order valence-electron chi connectivity index (χ1n) is 10.1. The highest BCUT2D eigenvalue weighted by atomic mass is 16.5. The van der Waals surface area contributed by atoms with E-state index in [1.54, 1.807) is 4.90 Å². The second kappa shape index (κ2) is 9.25. The molecular weight excluding hydrogens is 382 g/mol. The molecule has 0 bridgehead atoms. The summed E-state index contributed by atoms with van der Waals surface area (Å²) in [6, 6.07) is 13.4. The van der Waals surface area contributed by atoms with Crippen molar-refractivity contribution >= 4 is 23.2 Å². The van der Waals surface area contributed by atoms with Crippen molar-refractivity contribution in [2.75, 3.05) is 31.1 Å². The topological polar surface area (TPSA) is 96.1 Å². The Morgan fingerprint density at radius 2 is 2.03 bits per heavy atom. The molecule has 1 aliphatic rings. The minimum absolute atomic E-state index is 0.0204. The summed E-state index contributed by atoms with van der Waals surface area (Å²) in [6.07, 6.45) is 2.70. The number of hydrogen-bond donors (Lipinski definition) is 2. The average molecular weight is 407 g/mol. The SMILES string of the molecule is CCNC(=NCc1nnc2ccccn12)NCCCN1C(=O)COc2ccccc21. The number of pyridine rings is 1. The minimum atomic E-state index is -0.0204. The summed E-state index contributed by atoms with van der Waals surface area (Å²) < 4.78 is 7.42. The lowest BCUT2D eigenvalue weighted by atomic mass is 10.2. The molecule has 0 spiro atoms. The van der Waals surface area contributed by atoms with Crippen molar-refractivity contribution in [3.63, 3.8) is 0 Å². The summed E-state index contributed by atoms with van der Waals surface area (Å²) in [5.41, 5.74) is 1.63. The number of anilines is 1. The van der Waals surface area contributed by atoms with E-state index in [2.05, 4.69) is 25.8 Å². The van der Waals surface area contributed by atoms with Crippen molar-refractivity contribution in [1.29, 1.82) is 0 Å². The molecule has 156 valence electrons. The Morgan fingerprint density at radius 1 is 1.17 bits per heavy atom. The number of aromatic nitrogens is 3. The molecule has 3 aromatic rings. The highest BCUT2D eigenvalue weighted by Gasteiger charge is 2.24. The number of ether oxygens (including phenoxy) is 1. The molecule has 0 aliphatic carbocycles. The third-order valence-electron chi connectivity index (χ3n) is 4.77. The van der Waals surface area contributed by atoms with Gasteiger partial charge in [-0.25, -0.2) is 4.99 Å². The van der Waals surface area contributed by atoms with Crippen LogP contribution in [0.25, 0.3) is 5.65 Å². The summed E-state index contributed by atoms with van der Waals surface area (Å²) in [7, 11) is 0. The maximum absolute atomic E-state index is 12.3. The van der Waals surface area contributed by atoms with Gasteiger partial charge in [-0.05, 0) is 37.6 Å². The van der Waals surface area contributed by atoms with Crippen LogP contribution in [0.1, 0.15) is 19.2 Å². The zero-order valence-corrected chi connectivity index (χ0v) is 16.9. The molecule has 3 heterocycles. The first kappa shape index (κ1) is 19.7. The van der Waals surface area contributed by atoms with Gasteiger partial charge in [-0.15, -0.1) is 10.2 Å². The molecule has 2 N–H and O–H groups in total. The molecule has 0 radical (unpaired) electrons. The molecule has 9 nitrogen and oxygen atoms in total. The number of carbonyl (C=O) groups excluding carboxylic acids is 1. The molecule has 0 saturated carbocycles. The fourth-order valence-corrected chi connectivity index (χ4v) is 3.33. The van der Waals surface area contributed by atoms with Gasteiger partial charge in [0, 0.05) is 25.8 Å². The number of fused-ring (bicyclic) bond motifs is 2. The van der Waals surface area contributed by atoms with E-state index >= 15 is 0 Å². The molecule has 2 aromatic heterocycles. The predicted octanol–water partition coefficient (Wildman–Crippen LogP) is 1.60. The summed E-state index contributed by atoms with van der Waals surface area (Å²) in [4.78, 5) is 18.7. The fraction of sp³-hybridized carbons (Fsp3) is 0.333. The van der Waals surface area contributed by atoms with Crippen LogP contribution in [0.4, 0.5) is 5.69 Å². The number of carbonyl (C=O) groups is 1. The minimum Gasteiger partial charge on any atom is -0.482 e. The van der Waals surface area contributed by atoms with Crippen molar-refractivity contribution in [3.05, 3.63) is 54.5 Å². The Kier molecular flexibility index (Phi) is 6.07. The number of nitrogens with zero attached hydrogens (tertiary/aromatic N) is 5. The van der Waals surface area contributed by atoms with Gasteiger partial charge in [-0.3, -0.25) is 9.20 Å². The number of rotatable bonds is 7. The lowest BCUT2D eigenvalue weighted by Crippen LogP contribution is -2.42. The number of nitrogens with one attached hydrogen (secondary N) is 2. The van der Waals surface area contributed by atoms with E-state index < -0.39 is 0 Å². The molecule has 1 amide bonds. The second-order valence-corrected chi connectivity index (χ2v) is 6.82. The summed E-state index contributed by atoms with van der Waals surface area (Å²) in [5.74, 6) is 2.21. The zero-order valence-electron chi connectivity index (χ0n) is 16.9. The average Bonchev–Trinajstić information content (AvgIpc) is 3.19. The maximum Gasteiger partial charge on any atom is 0.265 e. The molecule has 0 saturated heterocycles. The van der Waals surface area contributed by atoms with E-state index in [1.165, 1.54) is 0 Å². The van der Waals surface area contributed by atoms with Crippen LogP contribution in [0.3, 0.4) is 0 Å². The Hall–Kier alpha value is -3.62. The standard InChI is InChI=1S/C21H25N7O2/c1-2-22-21(24-14-19-26-25-18-10-5-6-12-28(18)19)23-11-7-13-27-16-8-3-4-9-17(16)30-15-20(27)29/h3-6,8-10,12H,2,7,11,13-15H2,1H3,(H2,22,23,24). The highest BCUT2D eigenvalue weighted by molar-refractivity contribution is 5.97. The molecule has 4 rings (SSSR count). The van der Waals surface area contributed by atoms with Crippen LogP contribution in [0.2, 0.25) is 0 Å². The molecule has 9 heteroatoms. The van der Waals surface area contributed by atoms with Gasteiger partial charge in [0.2, 0.25) is 0 Å². The number of guanidine groups is 1. The maximum atomic E-state index is 12.3. The first-order chi connectivity index (χ1) is 14.8. The van der Waals surface area contributed by atoms with Gasteiger partial charge < -0.3 is 20.3 Å². The van der Waals surface area contributed by atoms with E-state index in [0.29, 0.717) is 25.6 Å². The Labute approximate surface area is 174 Å². The Balaban J connectivity index is 1.33. The van der Waals surface area contributed by atoms with Gasteiger partial charge in [-0.1, -0.05) is 18.2 Å². The molecular formula is C21H25N7O2. The van der Waals surface area contributed by atoms with E-state index in [-0.39, 0.29) is 12.5 Å². The van der Waals surface area contributed by atoms with Crippen LogP contribution in [0.5, 0.6) is 5.75 Å². The van der Waals surface area contributed by atoms with Gasteiger partial charge in [0.25, 0.3) is 5.91 Å². The molecule has 0 unspecified atom stereocenters. The van der Waals surface area contributed by atoms with Crippen molar-refractivity contribution in [1.82, 2.24) is 25.2 Å². The van der Waals surface area contributed by atoms with E-state index in [4.69, 9.17) is 4.74 Å². The van der Waals surface area contributed by atoms with Gasteiger partial charge in [0.15, 0.2) is 24.0 Å². The largest absolute Gasteiger partial charge is 0.482 e. The summed E-state index contributed by atoms with van der Waals surface area (Å²) >= 11 is 0. The highest BCUT2D eigenvalue weighted by Crippen LogP contribution is 2.31. The normalized spacial score (nSPS) is 13.8. The van der Waals surface area contributed by atoms with Crippen molar-refractivity contribution in [3.8, 4) is 5.75 Å². The monoisotopic (exact) mass is 407 g/mol. The number of aliphatic imine (C=N–C) groups is 1. The van der Waals surface area contributed by atoms with Gasteiger partial charge in [0.1, 0.15) is 12.3 Å². The lowest BCUT2D eigenvalue weighted by molar-refractivity contribution is -0.121. The van der Waals surface area contributed by atoms with Crippen molar-refractivity contribution in [2.45, 2.75) is 19.9 Å². The van der Waals surface area contributed by atoms with Crippen LogP contribution in [-0.4, -0.2) is 52.7 Å². The molecule has 1 aromatic carbocycles. The van der Waals surface area contributed by atoms with E-state index in [1.807, 2.05) is 60.0 Å². The van der Waals surface area contributed by atoms with Crippen LogP contribution in [-0.2, 0) is 11.3 Å². The van der Waals surface area contributed by atoms with Gasteiger partial charge >= 0.3 is 0 Å². The predicted molar refractivity (Wildman–Crippen MR) is 115 cm³/mol. The van der Waals surface area contributed by atoms with Crippen LogP contribution in [0.15, 0.2) is 53.7 Å². The van der Waals surface area contributed by atoms with Crippen LogP contribution in [0, 0.1) is 0 Å². The third kappa shape index (κ3) is 4.35. The first-order valence-corrected chi connectivity index (χ1v) is 10.1. The smallest absolute Gasteiger partial charge is 0.265 e. The zero-order chi connectivity index (χ0) is 20.8. The molecule has 30 heavy (non-hydrogen) atoms. The molecule has 0 atom stereocenters.